The fourth-order valence-electron chi connectivity index (χ4n) is 2.38. The van der Waals surface area contributed by atoms with Gasteiger partial charge in [-0.1, -0.05) is 30.3 Å². The topological polar surface area (TPSA) is 62.0 Å². The van der Waals surface area contributed by atoms with Crippen LogP contribution in [0.25, 0.3) is 0 Å². The molecule has 2 N–H and O–H groups in total. The number of amides is 1. The van der Waals surface area contributed by atoms with Gasteiger partial charge in [0.25, 0.3) is 11.5 Å². The molecule has 0 aliphatic heterocycles. The van der Waals surface area contributed by atoms with E-state index in [2.05, 4.69) is 10.3 Å². The molecule has 1 amide bonds. The molecule has 1 fully saturated rings. The Balaban J connectivity index is 1.83. The van der Waals surface area contributed by atoms with Crippen LogP contribution in [-0.4, -0.2) is 10.9 Å². The van der Waals surface area contributed by atoms with Crippen molar-refractivity contribution in [3.63, 3.8) is 0 Å². The summed E-state index contributed by atoms with van der Waals surface area (Å²) < 4.78 is 0. The molecule has 0 bridgehead atoms. The Hall–Kier alpha value is -2.36. The average Bonchev–Trinajstić information content (AvgIpc) is 3.30. The molecule has 1 aliphatic rings. The number of hydrogen-bond donors (Lipinski definition) is 2. The lowest BCUT2D eigenvalue weighted by molar-refractivity contribution is 0.0930. The van der Waals surface area contributed by atoms with E-state index in [0.717, 1.165) is 18.4 Å². The van der Waals surface area contributed by atoms with Gasteiger partial charge in [-0.3, -0.25) is 9.59 Å². The van der Waals surface area contributed by atoms with Crippen LogP contribution in [0.5, 0.6) is 0 Å². The van der Waals surface area contributed by atoms with Crippen molar-refractivity contribution >= 4 is 5.91 Å². The van der Waals surface area contributed by atoms with Gasteiger partial charge >= 0.3 is 0 Å². The normalized spacial score (nSPS) is 15.6. The summed E-state index contributed by atoms with van der Waals surface area (Å²) in [5.41, 5.74) is 0.900. The van der Waals surface area contributed by atoms with Gasteiger partial charge in [-0.2, -0.15) is 0 Å². The number of aromatic amines is 1. The summed E-state index contributed by atoms with van der Waals surface area (Å²) in [5.74, 6) is 0.164. The second kappa shape index (κ2) is 5.33. The highest BCUT2D eigenvalue weighted by atomic mass is 16.2. The smallest absolute Gasteiger partial charge is 0.260 e. The van der Waals surface area contributed by atoms with E-state index in [4.69, 9.17) is 0 Å². The first-order valence-corrected chi connectivity index (χ1v) is 6.79. The van der Waals surface area contributed by atoms with Crippen LogP contribution in [0, 0.1) is 5.92 Å². The van der Waals surface area contributed by atoms with Gasteiger partial charge in [0.1, 0.15) is 5.56 Å². The molecule has 2 aromatic rings. The van der Waals surface area contributed by atoms with Gasteiger partial charge in [0.05, 0.1) is 6.04 Å². The van der Waals surface area contributed by atoms with Crippen LogP contribution in [0.2, 0.25) is 0 Å². The van der Waals surface area contributed by atoms with E-state index < -0.39 is 0 Å². The number of benzene rings is 1. The minimum absolute atomic E-state index is 0.0108. The van der Waals surface area contributed by atoms with E-state index in [1.807, 2.05) is 30.3 Å². The van der Waals surface area contributed by atoms with E-state index in [0.29, 0.717) is 5.92 Å². The van der Waals surface area contributed by atoms with Crippen LogP contribution in [0.15, 0.2) is 53.5 Å². The maximum Gasteiger partial charge on any atom is 0.260 e. The average molecular weight is 268 g/mol. The summed E-state index contributed by atoms with van der Waals surface area (Å²) >= 11 is 0. The van der Waals surface area contributed by atoms with Crippen molar-refractivity contribution < 1.29 is 4.79 Å². The number of aromatic nitrogens is 1. The molecule has 0 unspecified atom stereocenters. The van der Waals surface area contributed by atoms with Gasteiger partial charge < -0.3 is 10.3 Å². The SMILES string of the molecule is O=C(N[C@H](c1ccccc1)C1CC1)c1ccc[nH]c1=O. The maximum atomic E-state index is 12.3. The first-order valence-electron chi connectivity index (χ1n) is 6.79. The number of pyridine rings is 1. The van der Waals surface area contributed by atoms with Gasteiger partial charge in [-0.25, -0.2) is 0 Å². The Morgan fingerprint density at radius 3 is 2.55 bits per heavy atom. The van der Waals surface area contributed by atoms with Crippen LogP contribution >= 0.6 is 0 Å². The number of rotatable bonds is 4. The third-order valence-electron chi connectivity index (χ3n) is 3.60. The van der Waals surface area contributed by atoms with Crippen LogP contribution in [0.4, 0.5) is 0 Å². The first kappa shape index (κ1) is 12.7. The van der Waals surface area contributed by atoms with E-state index in [1.165, 1.54) is 6.20 Å². The summed E-state index contributed by atoms with van der Waals surface area (Å²) in [6.45, 7) is 0. The summed E-state index contributed by atoms with van der Waals surface area (Å²) in [7, 11) is 0. The molecule has 4 nitrogen and oxygen atoms in total. The van der Waals surface area contributed by atoms with Gasteiger partial charge in [-0.15, -0.1) is 0 Å². The Labute approximate surface area is 116 Å². The zero-order valence-corrected chi connectivity index (χ0v) is 11.0. The van der Waals surface area contributed by atoms with Crippen molar-refractivity contribution in [2.24, 2.45) is 5.92 Å². The minimum atomic E-state index is -0.354. The van der Waals surface area contributed by atoms with E-state index in [9.17, 15) is 9.59 Å². The first-order chi connectivity index (χ1) is 9.75. The third-order valence-corrected chi connectivity index (χ3v) is 3.60. The lowest BCUT2D eigenvalue weighted by Gasteiger charge is -2.18. The highest BCUT2D eigenvalue weighted by Gasteiger charge is 2.33. The second-order valence-corrected chi connectivity index (χ2v) is 5.11. The molecule has 1 atom stereocenters. The van der Waals surface area contributed by atoms with E-state index >= 15 is 0 Å². The molecule has 0 spiro atoms. The van der Waals surface area contributed by atoms with Crippen molar-refractivity contribution in [3.8, 4) is 0 Å². The molecule has 1 heterocycles. The number of H-pyrrole nitrogens is 1. The molecular weight excluding hydrogens is 252 g/mol. The van der Waals surface area contributed by atoms with Crippen LogP contribution in [-0.2, 0) is 0 Å². The minimum Gasteiger partial charge on any atom is -0.345 e. The number of carbonyl (C=O) groups excluding carboxylic acids is 1. The third kappa shape index (κ3) is 2.64. The van der Waals surface area contributed by atoms with Crippen molar-refractivity contribution in [1.82, 2.24) is 10.3 Å². The largest absolute Gasteiger partial charge is 0.345 e. The fraction of sp³-hybridized carbons (Fsp3) is 0.250. The molecule has 1 aromatic carbocycles. The van der Waals surface area contributed by atoms with Crippen molar-refractivity contribution in [2.75, 3.05) is 0 Å². The van der Waals surface area contributed by atoms with E-state index in [-0.39, 0.29) is 23.1 Å². The summed E-state index contributed by atoms with van der Waals surface area (Å²) in [6.07, 6.45) is 3.75. The van der Waals surface area contributed by atoms with Crippen LogP contribution in [0.3, 0.4) is 0 Å². The molecule has 102 valence electrons. The summed E-state index contributed by atoms with van der Waals surface area (Å²) in [6, 6.07) is 13.1. The van der Waals surface area contributed by atoms with Gasteiger partial charge in [0.2, 0.25) is 0 Å². The highest BCUT2D eigenvalue weighted by Crippen LogP contribution is 2.40. The van der Waals surface area contributed by atoms with Crippen molar-refractivity contribution in [1.29, 1.82) is 0 Å². The number of nitrogens with one attached hydrogen (secondary N) is 2. The molecule has 1 saturated carbocycles. The molecule has 20 heavy (non-hydrogen) atoms. The predicted molar refractivity (Wildman–Crippen MR) is 76.4 cm³/mol. The van der Waals surface area contributed by atoms with E-state index in [1.54, 1.807) is 12.1 Å². The molecule has 1 aliphatic carbocycles. The van der Waals surface area contributed by atoms with Crippen LogP contribution < -0.4 is 10.9 Å². The lowest BCUT2D eigenvalue weighted by Crippen LogP contribution is -2.33. The lowest BCUT2D eigenvalue weighted by atomic mass is 10.0. The Morgan fingerprint density at radius 1 is 1.15 bits per heavy atom. The second-order valence-electron chi connectivity index (χ2n) is 5.11. The Kier molecular flexibility index (Phi) is 3.37. The molecule has 3 rings (SSSR count). The zero-order chi connectivity index (χ0) is 13.9. The van der Waals surface area contributed by atoms with Gasteiger partial charge in [0.15, 0.2) is 0 Å². The molecule has 1 aromatic heterocycles. The monoisotopic (exact) mass is 268 g/mol. The highest BCUT2D eigenvalue weighted by molar-refractivity contribution is 5.94. The van der Waals surface area contributed by atoms with Crippen molar-refractivity contribution in [3.05, 3.63) is 70.1 Å². The van der Waals surface area contributed by atoms with Crippen molar-refractivity contribution in [2.45, 2.75) is 18.9 Å². The maximum absolute atomic E-state index is 12.3. The van der Waals surface area contributed by atoms with Crippen LogP contribution in [0.1, 0.15) is 34.8 Å². The predicted octanol–water partition coefficient (Wildman–Crippen LogP) is 2.26. The van der Waals surface area contributed by atoms with Gasteiger partial charge in [-0.05, 0) is 36.5 Å². The molecule has 0 saturated heterocycles. The molecule has 4 heteroatoms. The standard InChI is InChI=1S/C16H16N2O2/c19-15-13(7-4-10-17-15)16(20)18-14(12-8-9-12)11-5-2-1-3-6-11/h1-7,10,12,14H,8-9H2,(H,17,19)(H,18,20)/t14-/m1/s1. The number of carbonyl (C=O) groups is 1. The Bertz CT molecular complexity index is 659. The van der Waals surface area contributed by atoms with Gasteiger partial charge in [0, 0.05) is 6.20 Å². The fourth-order valence-corrected chi connectivity index (χ4v) is 2.38. The molecular formula is C16H16N2O2. The summed E-state index contributed by atoms with van der Waals surface area (Å²) in [4.78, 5) is 26.4. The quantitative estimate of drug-likeness (QED) is 0.893. The number of hydrogen-bond acceptors (Lipinski definition) is 2. The molecule has 0 radical (unpaired) electrons. The summed E-state index contributed by atoms with van der Waals surface area (Å²) in [5, 5.41) is 2.99. The zero-order valence-electron chi connectivity index (χ0n) is 11.0. The Morgan fingerprint density at radius 2 is 1.90 bits per heavy atom.